The van der Waals surface area contributed by atoms with E-state index >= 15 is 0 Å². The SMILES string of the molecule is CC[C@@H](N)c1sccc1Br.Cl. The lowest BCUT2D eigenvalue weighted by atomic mass is 10.2. The largest absolute Gasteiger partial charge is 0.323 e. The maximum atomic E-state index is 5.82. The van der Waals surface area contributed by atoms with E-state index < -0.39 is 0 Å². The Bertz CT molecular complexity index is 214. The summed E-state index contributed by atoms with van der Waals surface area (Å²) in [7, 11) is 0. The summed E-state index contributed by atoms with van der Waals surface area (Å²) < 4.78 is 1.15. The third kappa shape index (κ3) is 2.75. The second-order valence-corrected chi connectivity index (χ2v) is 3.95. The van der Waals surface area contributed by atoms with Crippen LogP contribution in [0.2, 0.25) is 0 Å². The van der Waals surface area contributed by atoms with Gasteiger partial charge in [-0.1, -0.05) is 6.92 Å². The Hall–Kier alpha value is 0.430. The van der Waals surface area contributed by atoms with Gasteiger partial charge in [-0.3, -0.25) is 0 Å². The molecule has 1 aromatic rings. The van der Waals surface area contributed by atoms with Crippen LogP contribution in [0.25, 0.3) is 0 Å². The molecule has 0 unspecified atom stereocenters. The van der Waals surface area contributed by atoms with Gasteiger partial charge in [-0.05, 0) is 33.8 Å². The number of rotatable bonds is 2. The fraction of sp³-hybridized carbons (Fsp3) is 0.429. The maximum absolute atomic E-state index is 5.82. The van der Waals surface area contributed by atoms with Crippen LogP contribution in [0.4, 0.5) is 0 Å². The second kappa shape index (κ2) is 5.14. The highest BCUT2D eigenvalue weighted by molar-refractivity contribution is 9.10. The molecule has 0 amide bonds. The molecule has 1 nitrogen and oxygen atoms in total. The molecular weight excluding hydrogens is 246 g/mol. The van der Waals surface area contributed by atoms with E-state index in [1.54, 1.807) is 11.3 Å². The molecule has 0 aliphatic rings. The van der Waals surface area contributed by atoms with Crippen LogP contribution in [0.1, 0.15) is 24.3 Å². The van der Waals surface area contributed by atoms with E-state index in [-0.39, 0.29) is 18.4 Å². The van der Waals surface area contributed by atoms with E-state index in [0.717, 1.165) is 10.9 Å². The molecule has 0 fully saturated rings. The highest BCUT2D eigenvalue weighted by atomic mass is 79.9. The van der Waals surface area contributed by atoms with Crippen LogP contribution in [0, 0.1) is 0 Å². The Balaban J connectivity index is 0.000001000. The number of nitrogens with two attached hydrogens (primary N) is 1. The van der Waals surface area contributed by atoms with Gasteiger partial charge in [0.05, 0.1) is 0 Å². The molecule has 0 saturated heterocycles. The van der Waals surface area contributed by atoms with E-state index in [9.17, 15) is 0 Å². The zero-order chi connectivity index (χ0) is 7.56. The predicted octanol–water partition coefficient (Wildman–Crippen LogP) is 3.34. The van der Waals surface area contributed by atoms with Crippen molar-refractivity contribution in [1.29, 1.82) is 0 Å². The highest BCUT2D eigenvalue weighted by Gasteiger charge is 2.07. The molecule has 4 heteroatoms. The van der Waals surface area contributed by atoms with Crippen LogP contribution in [0.15, 0.2) is 15.9 Å². The summed E-state index contributed by atoms with van der Waals surface area (Å²) in [6.07, 6.45) is 0.999. The predicted molar refractivity (Wildman–Crippen MR) is 56.5 cm³/mol. The van der Waals surface area contributed by atoms with Crippen LogP contribution in [-0.4, -0.2) is 0 Å². The van der Waals surface area contributed by atoms with Gasteiger partial charge >= 0.3 is 0 Å². The molecular formula is C7H11BrClNS. The van der Waals surface area contributed by atoms with Crippen molar-refractivity contribution in [3.8, 4) is 0 Å². The zero-order valence-corrected chi connectivity index (χ0v) is 9.43. The van der Waals surface area contributed by atoms with Crippen LogP contribution < -0.4 is 5.73 Å². The van der Waals surface area contributed by atoms with E-state index in [4.69, 9.17) is 5.73 Å². The van der Waals surface area contributed by atoms with E-state index in [1.807, 2.05) is 6.07 Å². The number of hydrogen-bond donors (Lipinski definition) is 1. The van der Waals surface area contributed by atoms with Crippen molar-refractivity contribution in [1.82, 2.24) is 0 Å². The molecule has 1 heterocycles. The highest BCUT2D eigenvalue weighted by Crippen LogP contribution is 2.28. The maximum Gasteiger partial charge on any atom is 0.0398 e. The quantitative estimate of drug-likeness (QED) is 0.863. The Morgan fingerprint density at radius 1 is 1.73 bits per heavy atom. The average molecular weight is 257 g/mol. The van der Waals surface area contributed by atoms with Crippen molar-refractivity contribution in [2.45, 2.75) is 19.4 Å². The smallest absolute Gasteiger partial charge is 0.0398 e. The summed E-state index contributed by atoms with van der Waals surface area (Å²) in [6.45, 7) is 2.09. The van der Waals surface area contributed by atoms with Crippen LogP contribution in [0.5, 0.6) is 0 Å². The number of thiophene rings is 1. The van der Waals surface area contributed by atoms with Gasteiger partial charge in [0.15, 0.2) is 0 Å². The van der Waals surface area contributed by atoms with Gasteiger partial charge in [-0.25, -0.2) is 0 Å². The van der Waals surface area contributed by atoms with Crippen molar-refractivity contribution in [3.05, 3.63) is 20.8 Å². The monoisotopic (exact) mass is 255 g/mol. The van der Waals surface area contributed by atoms with Crippen molar-refractivity contribution in [2.24, 2.45) is 5.73 Å². The lowest BCUT2D eigenvalue weighted by Gasteiger charge is -2.05. The molecule has 2 N–H and O–H groups in total. The van der Waals surface area contributed by atoms with Gasteiger partial charge in [0.2, 0.25) is 0 Å². The Morgan fingerprint density at radius 3 is 2.73 bits per heavy atom. The lowest BCUT2D eigenvalue weighted by Crippen LogP contribution is -2.06. The summed E-state index contributed by atoms with van der Waals surface area (Å²) in [5.41, 5.74) is 5.82. The molecule has 11 heavy (non-hydrogen) atoms. The summed E-state index contributed by atoms with van der Waals surface area (Å²) >= 11 is 5.15. The summed E-state index contributed by atoms with van der Waals surface area (Å²) in [6, 6.07) is 2.24. The number of hydrogen-bond acceptors (Lipinski definition) is 2. The Labute approximate surface area is 85.5 Å². The lowest BCUT2D eigenvalue weighted by molar-refractivity contribution is 0.709. The molecule has 0 aliphatic carbocycles. The molecule has 0 spiro atoms. The van der Waals surface area contributed by atoms with Gasteiger partial charge in [-0.2, -0.15) is 0 Å². The molecule has 0 saturated carbocycles. The zero-order valence-electron chi connectivity index (χ0n) is 6.21. The molecule has 0 aromatic carbocycles. The van der Waals surface area contributed by atoms with Crippen molar-refractivity contribution in [3.63, 3.8) is 0 Å². The normalized spacial score (nSPS) is 12.3. The molecule has 0 aliphatic heterocycles. The summed E-state index contributed by atoms with van der Waals surface area (Å²) in [5.74, 6) is 0. The minimum absolute atomic E-state index is 0. The standard InChI is InChI=1S/C7H10BrNS.ClH/c1-2-6(9)7-5(8)3-4-10-7;/h3-4,6H,2,9H2,1H3;1H/t6-;/m1./s1. The molecule has 0 radical (unpaired) electrons. The van der Waals surface area contributed by atoms with Crippen LogP contribution in [0.3, 0.4) is 0 Å². The third-order valence-corrected chi connectivity index (χ3v) is 3.42. The van der Waals surface area contributed by atoms with E-state index in [0.29, 0.717) is 0 Å². The van der Waals surface area contributed by atoms with Crippen molar-refractivity contribution >= 4 is 39.7 Å². The van der Waals surface area contributed by atoms with Crippen molar-refractivity contribution in [2.75, 3.05) is 0 Å². The third-order valence-electron chi connectivity index (χ3n) is 1.42. The summed E-state index contributed by atoms with van der Waals surface area (Å²) in [4.78, 5) is 1.25. The number of halogens is 2. The molecule has 0 bridgehead atoms. The molecule has 1 aromatic heterocycles. The minimum atomic E-state index is 0. The Kier molecular flexibility index (Phi) is 5.34. The van der Waals surface area contributed by atoms with E-state index in [2.05, 4.69) is 28.2 Å². The first-order valence-electron chi connectivity index (χ1n) is 3.24. The first kappa shape index (κ1) is 11.4. The summed E-state index contributed by atoms with van der Waals surface area (Å²) in [5, 5.41) is 2.05. The molecule has 1 atom stereocenters. The second-order valence-electron chi connectivity index (χ2n) is 2.15. The van der Waals surface area contributed by atoms with Gasteiger partial charge in [-0.15, -0.1) is 23.7 Å². The first-order chi connectivity index (χ1) is 4.75. The fourth-order valence-corrected chi connectivity index (χ4v) is 2.51. The van der Waals surface area contributed by atoms with Crippen LogP contribution >= 0.6 is 39.7 Å². The average Bonchev–Trinajstić information content (AvgIpc) is 2.34. The minimum Gasteiger partial charge on any atom is -0.323 e. The fourth-order valence-electron chi connectivity index (χ4n) is 0.755. The Morgan fingerprint density at radius 2 is 2.36 bits per heavy atom. The van der Waals surface area contributed by atoms with Gasteiger partial charge in [0.1, 0.15) is 0 Å². The topological polar surface area (TPSA) is 26.0 Å². The van der Waals surface area contributed by atoms with Crippen LogP contribution in [-0.2, 0) is 0 Å². The van der Waals surface area contributed by atoms with E-state index in [1.165, 1.54) is 4.88 Å². The molecule has 1 rings (SSSR count). The molecule has 64 valence electrons. The first-order valence-corrected chi connectivity index (χ1v) is 4.91. The van der Waals surface area contributed by atoms with Crippen molar-refractivity contribution < 1.29 is 0 Å². The van der Waals surface area contributed by atoms with Gasteiger partial charge in [0, 0.05) is 15.4 Å². The van der Waals surface area contributed by atoms with Gasteiger partial charge in [0.25, 0.3) is 0 Å². The van der Waals surface area contributed by atoms with Gasteiger partial charge < -0.3 is 5.73 Å².